The van der Waals surface area contributed by atoms with E-state index in [0.29, 0.717) is 22.3 Å². The van der Waals surface area contributed by atoms with Crippen LogP contribution in [0.4, 0.5) is 8.78 Å². The van der Waals surface area contributed by atoms with E-state index in [1.54, 1.807) is 19.1 Å². The molecule has 0 bridgehead atoms. The number of aliphatic hydroxyl groups is 2. The number of nitrogens with one attached hydrogen (secondary N) is 1. The first kappa shape index (κ1) is 28.5. The molecular weight excluding hydrogens is 534 g/mol. The Labute approximate surface area is 235 Å². The van der Waals surface area contributed by atoms with Crippen molar-refractivity contribution >= 4 is 16.8 Å². The average Bonchev–Trinajstić information content (AvgIpc) is 3.31. The molecule has 41 heavy (non-hydrogen) atoms. The number of hydrogen-bond donors (Lipinski definition) is 3. The number of hydrogen-bond acceptors (Lipinski definition) is 8. The summed E-state index contributed by atoms with van der Waals surface area (Å²) in [4.78, 5) is 17.9. The number of halogens is 2. The number of aromatic nitrogens is 3. The summed E-state index contributed by atoms with van der Waals surface area (Å²) in [5, 5.41) is 33.6. The molecule has 0 saturated carbocycles. The summed E-state index contributed by atoms with van der Waals surface area (Å²) >= 11 is 0. The van der Waals surface area contributed by atoms with E-state index in [1.807, 2.05) is 0 Å². The van der Waals surface area contributed by atoms with E-state index in [1.165, 1.54) is 57.4 Å². The van der Waals surface area contributed by atoms with E-state index in [4.69, 9.17) is 9.47 Å². The molecule has 9 nitrogen and oxygen atoms in total. The Kier molecular flexibility index (Phi) is 7.45. The van der Waals surface area contributed by atoms with Crippen LogP contribution >= 0.6 is 0 Å². The number of methoxy groups -OCH3 is 1. The normalized spacial score (nSPS) is 19.0. The zero-order valence-corrected chi connectivity index (χ0v) is 23.0. The van der Waals surface area contributed by atoms with Gasteiger partial charge in [0.15, 0.2) is 11.4 Å². The number of ether oxygens (including phenoxy) is 2. The summed E-state index contributed by atoms with van der Waals surface area (Å²) in [6, 6.07) is 11.4. The van der Waals surface area contributed by atoms with Crippen LogP contribution in [0.1, 0.15) is 47.6 Å². The third-order valence-corrected chi connectivity index (χ3v) is 7.23. The van der Waals surface area contributed by atoms with Crippen molar-refractivity contribution < 1.29 is 33.3 Å². The lowest BCUT2D eigenvalue weighted by molar-refractivity contribution is -0.0634. The zero-order chi connectivity index (χ0) is 29.5. The lowest BCUT2D eigenvalue weighted by atomic mass is 9.87. The molecule has 1 fully saturated rings. The van der Waals surface area contributed by atoms with E-state index in [0.717, 1.165) is 0 Å². The third kappa shape index (κ3) is 5.35. The fourth-order valence-corrected chi connectivity index (χ4v) is 5.01. The monoisotopic (exact) mass is 564 g/mol. The second kappa shape index (κ2) is 10.7. The van der Waals surface area contributed by atoms with Crippen molar-refractivity contribution in [3.63, 3.8) is 0 Å². The molecule has 0 spiro atoms. The standard InChI is InChI=1S/C30H30F2N4O5/c1-16-11-18-12-19(13-22(40-4)26(18)36-35-16)28(38)33-15-30(24(37)9-10-41-30)23-14-21(29(2,3)39)25(32)27(34-23)17-5-7-20(31)8-6-17/h5-8,11-14,24,37,39H,9-10,15H2,1-4H3,(H,33,38). The van der Waals surface area contributed by atoms with Crippen molar-refractivity contribution in [1.29, 1.82) is 0 Å². The number of rotatable bonds is 7. The average molecular weight is 565 g/mol. The fraction of sp³-hybridized carbons (Fsp3) is 0.333. The number of amides is 1. The molecule has 214 valence electrons. The molecule has 0 aliphatic carbocycles. The lowest BCUT2D eigenvalue weighted by Gasteiger charge is -2.33. The maximum Gasteiger partial charge on any atom is 0.251 e. The molecule has 4 aromatic rings. The van der Waals surface area contributed by atoms with Gasteiger partial charge in [-0.25, -0.2) is 13.8 Å². The number of aryl methyl sites for hydroxylation is 1. The minimum Gasteiger partial charge on any atom is -0.494 e. The van der Waals surface area contributed by atoms with E-state index in [-0.39, 0.29) is 47.7 Å². The molecule has 1 aliphatic heterocycles. The van der Waals surface area contributed by atoms with Crippen molar-refractivity contribution in [2.75, 3.05) is 20.3 Å². The Morgan fingerprint density at radius 3 is 2.54 bits per heavy atom. The maximum absolute atomic E-state index is 15.7. The molecule has 2 unspecified atom stereocenters. The summed E-state index contributed by atoms with van der Waals surface area (Å²) in [5.41, 5.74) is -1.60. The zero-order valence-electron chi connectivity index (χ0n) is 23.0. The molecular formula is C30H30F2N4O5. The molecule has 0 radical (unpaired) electrons. The van der Waals surface area contributed by atoms with Gasteiger partial charge in [0.1, 0.15) is 22.8 Å². The van der Waals surface area contributed by atoms with Crippen LogP contribution in [-0.4, -0.2) is 57.7 Å². The van der Waals surface area contributed by atoms with Crippen molar-refractivity contribution in [3.8, 4) is 17.0 Å². The molecule has 1 saturated heterocycles. The van der Waals surface area contributed by atoms with Gasteiger partial charge in [-0.3, -0.25) is 4.79 Å². The summed E-state index contributed by atoms with van der Waals surface area (Å²) in [6.45, 7) is 4.56. The maximum atomic E-state index is 15.7. The summed E-state index contributed by atoms with van der Waals surface area (Å²) in [5.74, 6) is -1.41. The summed E-state index contributed by atoms with van der Waals surface area (Å²) in [6.07, 6.45) is -0.874. The predicted octanol–water partition coefficient (Wildman–Crippen LogP) is 3.92. The van der Waals surface area contributed by atoms with Gasteiger partial charge < -0.3 is 25.0 Å². The third-order valence-electron chi connectivity index (χ3n) is 7.23. The largest absolute Gasteiger partial charge is 0.494 e. The first-order chi connectivity index (χ1) is 19.4. The smallest absolute Gasteiger partial charge is 0.251 e. The van der Waals surface area contributed by atoms with E-state index in [2.05, 4.69) is 20.5 Å². The number of aliphatic hydroxyl groups excluding tert-OH is 1. The number of pyridine rings is 1. The van der Waals surface area contributed by atoms with E-state index in [9.17, 15) is 19.4 Å². The number of fused-ring (bicyclic) bond motifs is 1. The Morgan fingerprint density at radius 1 is 1.17 bits per heavy atom. The van der Waals surface area contributed by atoms with Gasteiger partial charge in [0.25, 0.3) is 5.91 Å². The number of benzene rings is 2. The minimum absolute atomic E-state index is 0.0917. The molecule has 5 rings (SSSR count). The van der Waals surface area contributed by atoms with Gasteiger partial charge in [-0.2, -0.15) is 5.10 Å². The van der Waals surface area contributed by atoms with Crippen LogP contribution in [-0.2, 0) is 15.9 Å². The highest BCUT2D eigenvalue weighted by Crippen LogP contribution is 2.40. The Hall–Kier alpha value is -4.06. The molecule has 2 atom stereocenters. The van der Waals surface area contributed by atoms with Gasteiger partial charge in [0.05, 0.1) is 43.4 Å². The van der Waals surface area contributed by atoms with Crippen LogP contribution in [0, 0.1) is 18.6 Å². The minimum atomic E-state index is -1.63. The van der Waals surface area contributed by atoms with Gasteiger partial charge in [-0.15, -0.1) is 5.10 Å². The number of nitrogens with zero attached hydrogens (tertiary/aromatic N) is 3. The molecule has 11 heteroatoms. The van der Waals surface area contributed by atoms with Crippen molar-refractivity contribution in [1.82, 2.24) is 20.5 Å². The fourth-order valence-electron chi connectivity index (χ4n) is 5.01. The van der Waals surface area contributed by atoms with Gasteiger partial charge in [0.2, 0.25) is 0 Å². The van der Waals surface area contributed by atoms with Crippen LogP contribution in [0.2, 0.25) is 0 Å². The highest BCUT2D eigenvalue weighted by Gasteiger charge is 2.48. The highest BCUT2D eigenvalue weighted by molar-refractivity contribution is 5.99. The van der Waals surface area contributed by atoms with Crippen LogP contribution in [0.25, 0.3) is 22.2 Å². The highest BCUT2D eigenvalue weighted by atomic mass is 19.1. The first-order valence-corrected chi connectivity index (χ1v) is 13.0. The van der Waals surface area contributed by atoms with Crippen LogP contribution < -0.4 is 10.1 Å². The Bertz CT molecular complexity index is 1620. The number of carbonyl (C=O) groups is 1. The molecule has 3 heterocycles. The van der Waals surface area contributed by atoms with Crippen LogP contribution in [0.5, 0.6) is 5.75 Å². The number of carbonyl (C=O) groups excluding carboxylic acids is 1. The lowest BCUT2D eigenvalue weighted by Crippen LogP contribution is -2.48. The van der Waals surface area contributed by atoms with Crippen molar-refractivity contribution in [2.24, 2.45) is 0 Å². The molecule has 2 aromatic carbocycles. The van der Waals surface area contributed by atoms with Crippen molar-refractivity contribution in [2.45, 2.75) is 44.5 Å². The molecule has 3 N–H and O–H groups in total. The quantitative estimate of drug-likeness (QED) is 0.308. The molecule has 2 aromatic heterocycles. The van der Waals surface area contributed by atoms with Crippen LogP contribution in [0.15, 0.2) is 48.5 Å². The molecule has 1 aliphatic rings. The van der Waals surface area contributed by atoms with Gasteiger partial charge in [-0.05, 0) is 69.3 Å². The Morgan fingerprint density at radius 2 is 1.90 bits per heavy atom. The van der Waals surface area contributed by atoms with Crippen molar-refractivity contribution in [3.05, 3.63) is 82.7 Å². The topological polar surface area (TPSA) is 127 Å². The SMILES string of the molecule is COc1cc(C(=O)NCC2(c3cc(C(C)(C)O)c(F)c(-c4ccc(F)cc4)n3)OCCC2O)cc2cc(C)nnc12. The van der Waals surface area contributed by atoms with E-state index < -0.39 is 34.8 Å². The summed E-state index contributed by atoms with van der Waals surface area (Å²) < 4.78 is 40.8. The second-order valence-electron chi connectivity index (χ2n) is 10.6. The Balaban J connectivity index is 1.56. The molecule has 1 amide bonds. The first-order valence-electron chi connectivity index (χ1n) is 13.0. The van der Waals surface area contributed by atoms with Gasteiger partial charge in [-0.1, -0.05) is 0 Å². The predicted molar refractivity (Wildman–Crippen MR) is 146 cm³/mol. The second-order valence-corrected chi connectivity index (χ2v) is 10.6. The summed E-state index contributed by atoms with van der Waals surface area (Å²) in [7, 11) is 1.47. The van der Waals surface area contributed by atoms with Crippen LogP contribution in [0.3, 0.4) is 0 Å². The van der Waals surface area contributed by atoms with Gasteiger partial charge >= 0.3 is 0 Å². The van der Waals surface area contributed by atoms with E-state index >= 15 is 4.39 Å². The van der Waals surface area contributed by atoms with Gasteiger partial charge in [0, 0.05) is 28.5 Å².